The van der Waals surface area contributed by atoms with Gasteiger partial charge in [-0.05, 0) is 127 Å². The van der Waals surface area contributed by atoms with Gasteiger partial charge in [-0.2, -0.15) is 0 Å². The number of anilines is 1. The van der Waals surface area contributed by atoms with Gasteiger partial charge in [0.2, 0.25) is 0 Å². The Morgan fingerprint density at radius 3 is 2.12 bits per heavy atom. The molecule has 0 spiro atoms. The van der Waals surface area contributed by atoms with Crippen molar-refractivity contribution in [2.24, 2.45) is 0 Å². The summed E-state index contributed by atoms with van der Waals surface area (Å²) in [4.78, 5) is 12.3. The molecule has 7 aromatic carbocycles. The first kappa shape index (κ1) is 38.8. The van der Waals surface area contributed by atoms with Gasteiger partial charge in [-0.15, -0.1) is 0 Å². The molecule has 4 aromatic heterocycles. The van der Waals surface area contributed by atoms with Crippen molar-refractivity contribution in [1.29, 1.82) is 0 Å². The minimum Gasteiger partial charge on any atom is -0.457 e. The molecule has 1 aliphatic heterocycles. The number of pyridine rings is 1. The monoisotopic (exact) mass is 842 g/mol. The fourth-order valence-corrected chi connectivity index (χ4v) is 10.4. The molecule has 7 nitrogen and oxygen atoms in total. The largest absolute Gasteiger partial charge is 0.457 e. The van der Waals surface area contributed by atoms with Gasteiger partial charge in [-0.25, -0.2) is 9.97 Å². The van der Waals surface area contributed by atoms with Crippen LogP contribution in [0.15, 0.2) is 176 Å². The van der Waals surface area contributed by atoms with Crippen LogP contribution >= 0.6 is 0 Å². The number of benzene rings is 7. The molecule has 0 unspecified atom stereocenters. The average molecular weight is 843 g/mol. The molecule has 0 saturated heterocycles. The van der Waals surface area contributed by atoms with Crippen molar-refractivity contribution in [1.82, 2.24) is 23.6 Å². The van der Waals surface area contributed by atoms with Crippen molar-refractivity contribution < 1.29 is 4.74 Å². The second kappa shape index (κ2) is 14.6. The van der Waals surface area contributed by atoms with E-state index in [1.54, 1.807) is 0 Å². The van der Waals surface area contributed by atoms with E-state index in [1.807, 2.05) is 12.4 Å². The van der Waals surface area contributed by atoms with Crippen molar-refractivity contribution in [2.45, 2.75) is 40.0 Å². The lowest BCUT2D eigenvalue weighted by Gasteiger charge is -2.36. The number of nitrogens with zero attached hydrogens (tertiary/aromatic N) is 6. The number of imidazole rings is 1. The van der Waals surface area contributed by atoms with Crippen LogP contribution in [-0.4, -0.2) is 37.6 Å². The Labute approximate surface area is 378 Å². The maximum absolute atomic E-state index is 6.82. The van der Waals surface area contributed by atoms with Crippen LogP contribution < -0.4 is 15.0 Å². The van der Waals surface area contributed by atoms with Gasteiger partial charge in [-0.3, -0.25) is 4.57 Å². The molecule has 0 saturated carbocycles. The highest BCUT2D eigenvalue weighted by Gasteiger charge is 2.37. The van der Waals surface area contributed by atoms with Gasteiger partial charge < -0.3 is 18.6 Å². The van der Waals surface area contributed by atoms with Crippen LogP contribution in [0.1, 0.15) is 37.5 Å². The lowest BCUT2D eigenvalue weighted by Crippen LogP contribution is -2.56. The lowest BCUT2D eigenvalue weighted by atomic mass is 9.60. The summed E-state index contributed by atoms with van der Waals surface area (Å²) in [6.07, 6.45) is 5.92. The molecule has 0 N–H and O–H groups in total. The second-order valence-corrected chi connectivity index (χ2v) is 18.5. The van der Waals surface area contributed by atoms with Gasteiger partial charge in [0.25, 0.3) is 0 Å². The number of hydrogen-bond acceptors (Lipinski definition) is 4. The van der Waals surface area contributed by atoms with E-state index in [4.69, 9.17) is 14.7 Å². The van der Waals surface area contributed by atoms with Crippen LogP contribution in [0, 0.1) is 13.8 Å². The molecular formula is C57H47BN6O. The fourth-order valence-electron chi connectivity index (χ4n) is 10.4. The fraction of sp³-hybridized carbons (Fsp3) is 0.123. The summed E-state index contributed by atoms with van der Waals surface area (Å²) in [6, 6.07) is 56.7. The number of ether oxygens (including phenoxy) is 1. The zero-order chi connectivity index (χ0) is 44.1. The minimum atomic E-state index is -0.0521. The van der Waals surface area contributed by atoms with Gasteiger partial charge in [0.15, 0.2) is 0 Å². The SMILES string of the molecule is Cc1cccc(C)c1B1N(C)c2ccc(Oc3ccc4c5cc(-c6cccc7c6c6ccccc6n7-c6ccccc6)ccc5n(-c5cc(C(C)(C)C)ccn5)c4c3)cc2-c2nccn21. The van der Waals surface area contributed by atoms with Gasteiger partial charge in [0.05, 0.1) is 22.1 Å². The first-order chi connectivity index (χ1) is 31.6. The molecule has 5 heterocycles. The summed E-state index contributed by atoms with van der Waals surface area (Å²) in [6.45, 7) is 11.1. The van der Waals surface area contributed by atoms with E-state index >= 15 is 0 Å². The number of fused-ring (bicyclic) bond motifs is 9. The molecule has 0 radical (unpaired) electrons. The van der Waals surface area contributed by atoms with Gasteiger partial charge >= 0.3 is 6.98 Å². The van der Waals surface area contributed by atoms with Crippen LogP contribution in [-0.2, 0) is 5.41 Å². The van der Waals surface area contributed by atoms with E-state index in [-0.39, 0.29) is 12.4 Å². The Balaban J connectivity index is 0.995. The van der Waals surface area contributed by atoms with Crippen LogP contribution in [0.2, 0.25) is 0 Å². The number of para-hydroxylation sites is 2. The third kappa shape index (κ3) is 6.11. The van der Waals surface area contributed by atoms with Crippen molar-refractivity contribution in [3.8, 4) is 45.5 Å². The standard InChI is InChI=1S/C57H47BN6O/c1-36-14-12-15-37(2)55(36)58-61(6)48-27-24-41(34-47(48)56-60-30-31-62(56)58)65-42-23-25-44-46-32-38(22-26-50(46)64(52(44)35-42)53-33-39(28-29-59-53)57(3,4)5)43-19-13-21-51-54(43)45-18-10-11-20-49(45)63(51)40-16-8-7-9-17-40/h7-35H,1-6H3. The predicted molar refractivity (Wildman–Crippen MR) is 270 cm³/mol. The highest BCUT2D eigenvalue weighted by atomic mass is 16.5. The highest BCUT2D eigenvalue weighted by Crippen LogP contribution is 2.43. The van der Waals surface area contributed by atoms with E-state index < -0.39 is 0 Å². The number of aryl methyl sites for hydroxylation is 2. The number of rotatable bonds is 6. The zero-order valence-corrected chi connectivity index (χ0v) is 37.4. The third-order valence-corrected chi connectivity index (χ3v) is 13.5. The maximum Gasteiger partial charge on any atom is 0.417 e. The molecule has 0 amide bonds. The quantitative estimate of drug-likeness (QED) is 0.157. The average Bonchev–Trinajstić information content (AvgIpc) is 4.03. The van der Waals surface area contributed by atoms with Crippen LogP contribution in [0.3, 0.4) is 0 Å². The van der Waals surface area contributed by atoms with Gasteiger partial charge in [0.1, 0.15) is 23.1 Å². The Kier molecular flexibility index (Phi) is 8.72. The lowest BCUT2D eigenvalue weighted by molar-refractivity contribution is 0.483. The number of aromatic nitrogens is 5. The predicted octanol–water partition coefficient (Wildman–Crippen LogP) is 13.2. The van der Waals surface area contributed by atoms with E-state index in [0.717, 1.165) is 67.4 Å². The molecular weight excluding hydrogens is 795 g/mol. The first-order valence-electron chi connectivity index (χ1n) is 22.4. The van der Waals surface area contributed by atoms with Crippen LogP contribution in [0.4, 0.5) is 5.69 Å². The van der Waals surface area contributed by atoms with E-state index in [1.165, 1.54) is 49.5 Å². The van der Waals surface area contributed by atoms with Crippen LogP contribution in [0.5, 0.6) is 11.5 Å². The normalized spacial score (nSPS) is 12.7. The zero-order valence-electron chi connectivity index (χ0n) is 37.4. The highest BCUT2D eigenvalue weighted by molar-refractivity contribution is 6.77. The van der Waals surface area contributed by atoms with E-state index in [0.29, 0.717) is 0 Å². The van der Waals surface area contributed by atoms with Gasteiger partial charge in [-0.1, -0.05) is 105 Å². The maximum atomic E-state index is 6.82. The molecule has 0 fully saturated rings. The van der Waals surface area contributed by atoms with Crippen molar-refractivity contribution in [3.63, 3.8) is 0 Å². The summed E-state index contributed by atoms with van der Waals surface area (Å²) in [7, 11) is 2.17. The summed E-state index contributed by atoms with van der Waals surface area (Å²) < 4.78 is 13.8. The molecule has 0 aliphatic carbocycles. The Morgan fingerprint density at radius 1 is 0.554 bits per heavy atom. The first-order valence-corrected chi connectivity index (χ1v) is 22.4. The molecule has 12 rings (SSSR count). The summed E-state index contributed by atoms with van der Waals surface area (Å²) in [5, 5.41) is 4.75. The minimum absolute atomic E-state index is 0.00851. The molecule has 65 heavy (non-hydrogen) atoms. The molecule has 314 valence electrons. The Bertz CT molecular complexity index is 3660. The molecule has 8 heteroatoms. The van der Waals surface area contributed by atoms with Crippen molar-refractivity contribution in [3.05, 3.63) is 193 Å². The molecule has 0 atom stereocenters. The molecule has 1 aliphatic rings. The molecule has 11 aromatic rings. The topological polar surface area (TPSA) is 53.0 Å². The number of hydrogen-bond donors (Lipinski definition) is 0. The molecule has 0 bridgehead atoms. The summed E-state index contributed by atoms with van der Waals surface area (Å²) >= 11 is 0. The van der Waals surface area contributed by atoms with Crippen molar-refractivity contribution >= 4 is 61.7 Å². The smallest absolute Gasteiger partial charge is 0.417 e. The second-order valence-electron chi connectivity index (χ2n) is 18.5. The summed E-state index contributed by atoms with van der Waals surface area (Å²) in [5.74, 6) is 3.29. The van der Waals surface area contributed by atoms with Crippen molar-refractivity contribution in [2.75, 3.05) is 11.9 Å². The van der Waals surface area contributed by atoms with E-state index in [2.05, 4.69) is 224 Å². The van der Waals surface area contributed by atoms with Gasteiger partial charge in [0, 0.05) is 63.1 Å². The van der Waals surface area contributed by atoms with Crippen LogP contribution in [0.25, 0.3) is 77.6 Å². The summed E-state index contributed by atoms with van der Waals surface area (Å²) in [5.41, 5.74) is 15.1. The van der Waals surface area contributed by atoms with E-state index in [9.17, 15) is 0 Å². The Morgan fingerprint density at radius 2 is 1.29 bits per heavy atom. The third-order valence-electron chi connectivity index (χ3n) is 13.5. The Hall–Kier alpha value is -7.84.